The van der Waals surface area contributed by atoms with Crippen molar-refractivity contribution < 1.29 is 17.6 Å². The molecule has 0 aliphatic carbocycles. The fourth-order valence-corrected chi connectivity index (χ4v) is 3.80. The minimum absolute atomic E-state index is 0.403. The number of benzene rings is 4. The third-order valence-electron chi connectivity index (χ3n) is 5.11. The molecule has 29 heavy (non-hydrogen) atoms. The summed E-state index contributed by atoms with van der Waals surface area (Å²) >= 11 is 0. The molecule has 0 spiro atoms. The molecular formula is C25H16F4. The molecule has 0 saturated heterocycles. The highest BCUT2D eigenvalue weighted by Gasteiger charge is 2.38. The van der Waals surface area contributed by atoms with Crippen molar-refractivity contribution in [1.29, 1.82) is 0 Å². The Morgan fingerprint density at radius 2 is 0.483 bits per heavy atom. The Morgan fingerprint density at radius 3 is 0.655 bits per heavy atom. The predicted molar refractivity (Wildman–Crippen MR) is 105 cm³/mol. The van der Waals surface area contributed by atoms with Gasteiger partial charge in [0.15, 0.2) is 0 Å². The molecule has 0 heterocycles. The zero-order chi connectivity index (χ0) is 20.4. The highest BCUT2D eigenvalue weighted by molar-refractivity contribution is 5.59. The molecule has 0 bridgehead atoms. The second-order valence-corrected chi connectivity index (χ2v) is 6.78. The van der Waals surface area contributed by atoms with Crippen LogP contribution < -0.4 is 0 Å². The van der Waals surface area contributed by atoms with Crippen LogP contribution in [0.3, 0.4) is 0 Å². The molecule has 4 heteroatoms. The van der Waals surface area contributed by atoms with Crippen LogP contribution >= 0.6 is 0 Å². The molecule has 0 fully saturated rings. The van der Waals surface area contributed by atoms with Gasteiger partial charge in [0.1, 0.15) is 23.3 Å². The fraction of sp³-hybridized carbons (Fsp3) is 0.0400. The van der Waals surface area contributed by atoms with E-state index in [2.05, 4.69) is 0 Å². The van der Waals surface area contributed by atoms with Crippen LogP contribution in [-0.2, 0) is 5.41 Å². The Hall–Kier alpha value is -3.40. The van der Waals surface area contributed by atoms with Crippen molar-refractivity contribution in [1.82, 2.24) is 0 Å². The highest BCUT2D eigenvalue weighted by atomic mass is 19.1. The van der Waals surface area contributed by atoms with Crippen LogP contribution in [0.5, 0.6) is 0 Å². The topological polar surface area (TPSA) is 0 Å². The molecule has 4 rings (SSSR count). The quantitative estimate of drug-likeness (QED) is 0.270. The standard InChI is InChI=1S/C25H16F4/c26-21-9-1-17(2-10-21)25(18-3-11-22(27)12-4-18,19-5-13-23(28)14-6-19)20-7-15-24(29)16-8-20/h1-16H. The summed E-state index contributed by atoms with van der Waals surface area (Å²) in [5.41, 5.74) is 1.71. The lowest BCUT2D eigenvalue weighted by molar-refractivity contribution is 0.616. The molecule has 0 nitrogen and oxygen atoms in total. The highest BCUT2D eigenvalue weighted by Crippen LogP contribution is 2.45. The van der Waals surface area contributed by atoms with E-state index >= 15 is 0 Å². The van der Waals surface area contributed by atoms with Crippen LogP contribution in [0, 0.1) is 23.3 Å². The summed E-state index contributed by atoms with van der Waals surface area (Å²) in [6.07, 6.45) is 0. The van der Waals surface area contributed by atoms with Gasteiger partial charge < -0.3 is 0 Å². The molecule has 4 aromatic rings. The molecular weight excluding hydrogens is 376 g/mol. The normalized spacial score (nSPS) is 11.4. The van der Waals surface area contributed by atoms with Gasteiger partial charge in [-0.05, 0) is 70.8 Å². The van der Waals surface area contributed by atoms with Gasteiger partial charge >= 0.3 is 0 Å². The first kappa shape index (κ1) is 18.9. The maximum atomic E-state index is 13.7. The van der Waals surface area contributed by atoms with Crippen molar-refractivity contribution in [2.75, 3.05) is 0 Å². The maximum Gasteiger partial charge on any atom is 0.123 e. The lowest BCUT2D eigenvalue weighted by Gasteiger charge is -2.36. The van der Waals surface area contributed by atoms with Gasteiger partial charge in [0.2, 0.25) is 0 Å². The van der Waals surface area contributed by atoms with Gasteiger partial charge in [-0.15, -0.1) is 0 Å². The number of hydrogen-bond acceptors (Lipinski definition) is 0. The maximum absolute atomic E-state index is 13.7. The molecule has 0 aromatic heterocycles. The molecule has 4 aromatic carbocycles. The molecule has 0 N–H and O–H groups in total. The molecule has 0 aliphatic rings. The second-order valence-electron chi connectivity index (χ2n) is 6.78. The third-order valence-corrected chi connectivity index (χ3v) is 5.11. The zero-order valence-corrected chi connectivity index (χ0v) is 15.2. The number of hydrogen-bond donors (Lipinski definition) is 0. The van der Waals surface area contributed by atoms with Gasteiger partial charge in [0.25, 0.3) is 0 Å². The minimum Gasteiger partial charge on any atom is -0.207 e. The third kappa shape index (κ3) is 3.42. The van der Waals surface area contributed by atoms with Crippen molar-refractivity contribution in [3.63, 3.8) is 0 Å². The zero-order valence-electron chi connectivity index (χ0n) is 15.2. The molecule has 0 amide bonds. The molecule has 0 aliphatic heterocycles. The summed E-state index contributed by atoms with van der Waals surface area (Å²) in [4.78, 5) is 0. The van der Waals surface area contributed by atoms with Crippen LogP contribution in [0.15, 0.2) is 97.1 Å². The monoisotopic (exact) mass is 392 g/mol. The minimum atomic E-state index is -1.03. The summed E-state index contributed by atoms with van der Waals surface area (Å²) in [5, 5.41) is 0. The Bertz CT molecular complexity index is 910. The van der Waals surface area contributed by atoms with Gasteiger partial charge in [-0.25, -0.2) is 17.6 Å². The molecule has 0 atom stereocenters. The van der Waals surface area contributed by atoms with E-state index < -0.39 is 28.7 Å². The van der Waals surface area contributed by atoms with E-state index in [0.29, 0.717) is 22.3 Å². The van der Waals surface area contributed by atoms with E-state index in [4.69, 9.17) is 0 Å². The van der Waals surface area contributed by atoms with Crippen LogP contribution in [0.25, 0.3) is 0 Å². The molecule has 0 radical (unpaired) electrons. The average molecular weight is 392 g/mol. The summed E-state index contributed by atoms with van der Waals surface area (Å²) in [6, 6.07) is 23.7. The van der Waals surface area contributed by atoms with E-state index in [-0.39, 0.29) is 0 Å². The first-order valence-corrected chi connectivity index (χ1v) is 9.04. The molecule has 0 saturated carbocycles. The van der Waals surface area contributed by atoms with Gasteiger partial charge in [-0.3, -0.25) is 0 Å². The van der Waals surface area contributed by atoms with Crippen molar-refractivity contribution >= 4 is 0 Å². The van der Waals surface area contributed by atoms with Crippen LogP contribution in [-0.4, -0.2) is 0 Å². The lowest BCUT2D eigenvalue weighted by atomic mass is 9.65. The van der Waals surface area contributed by atoms with Gasteiger partial charge in [0, 0.05) is 0 Å². The Balaban J connectivity index is 2.11. The lowest BCUT2D eigenvalue weighted by Crippen LogP contribution is -2.31. The number of rotatable bonds is 4. The van der Waals surface area contributed by atoms with E-state index in [1.807, 2.05) is 0 Å². The summed E-state index contributed by atoms with van der Waals surface area (Å²) in [6.45, 7) is 0. The van der Waals surface area contributed by atoms with E-state index in [9.17, 15) is 17.6 Å². The summed E-state index contributed by atoms with van der Waals surface area (Å²) in [5.74, 6) is -1.61. The number of halogens is 4. The predicted octanol–water partition coefficient (Wildman–Crippen LogP) is 6.63. The molecule has 0 unspecified atom stereocenters. The largest absolute Gasteiger partial charge is 0.207 e. The van der Waals surface area contributed by atoms with E-state index in [1.54, 1.807) is 48.5 Å². The Morgan fingerprint density at radius 1 is 0.310 bits per heavy atom. The van der Waals surface area contributed by atoms with Gasteiger partial charge in [-0.1, -0.05) is 48.5 Å². The first-order valence-electron chi connectivity index (χ1n) is 9.04. The van der Waals surface area contributed by atoms with Crippen molar-refractivity contribution in [2.24, 2.45) is 0 Å². The summed E-state index contributed by atoms with van der Waals surface area (Å²) in [7, 11) is 0. The van der Waals surface area contributed by atoms with Gasteiger partial charge in [-0.2, -0.15) is 0 Å². The van der Waals surface area contributed by atoms with Crippen molar-refractivity contribution in [3.8, 4) is 0 Å². The smallest absolute Gasteiger partial charge is 0.123 e. The first-order chi connectivity index (χ1) is 14.0. The fourth-order valence-electron chi connectivity index (χ4n) is 3.80. The van der Waals surface area contributed by atoms with Crippen molar-refractivity contribution in [2.45, 2.75) is 5.41 Å². The van der Waals surface area contributed by atoms with Crippen molar-refractivity contribution in [3.05, 3.63) is 143 Å². The van der Waals surface area contributed by atoms with Gasteiger partial charge in [0.05, 0.1) is 5.41 Å². The van der Waals surface area contributed by atoms with Crippen LogP contribution in [0.2, 0.25) is 0 Å². The van der Waals surface area contributed by atoms with E-state index in [0.717, 1.165) is 0 Å². The summed E-state index contributed by atoms with van der Waals surface area (Å²) < 4.78 is 54.8. The van der Waals surface area contributed by atoms with E-state index in [1.165, 1.54) is 48.5 Å². The Kier molecular flexibility index (Phi) is 4.93. The van der Waals surface area contributed by atoms with Crippen LogP contribution in [0.1, 0.15) is 22.3 Å². The average Bonchev–Trinajstić information content (AvgIpc) is 2.73. The molecule has 144 valence electrons. The second kappa shape index (κ2) is 7.55. The SMILES string of the molecule is Fc1ccc(C(c2ccc(F)cc2)(c2ccc(F)cc2)c2ccc(F)cc2)cc1. The Labute approximate surface area is 166 Å². The van der Waals surface area contributed by atoms with Crippen LogP contribution in [0.4, 0.5) is 17.6 Å².